The van der Waals surface area contributed by atoms with Crippen molar-refractivity contribution < 1.29 is 1450 Å². The van der Waals surface area contributed by atoms with Crippen molar-refractivity contribution in [2.75, 3.05) is 0 Å². The minimum atomic E-state index is 0. The smallest absolute Gasteiger partial charge is 1.00 e. The summed E-state index contributed by atoms with van der Waals surface area (Å²) >= 11 is 0. The van der Waals surface area contributed by atoms with Crippen molar-refractivity contribution in [2.45, 2.75) is 0 Å². The zero-order chi connectivity index (χ0) is 0. The maximum Gasteiger partial charge on any atom is 1.00 e. The molecule has 0 aromatic carbocycles. The van der Waals surface area contributed by atoms with E-state index in [4.69, 9.17) is 0 Å². The summed E-state index contributed by atoms with van der Waals surface area (Å²) in [5.74, 6) is 0. The van der Waals surface area contributed by atoms with Crippen LogP contribution in [0.4, 0.5) is 0 Å². The van der Waals surface area contributed by atoms with Crippen molar-refractivity contribution in [3.63, 3.8) is 0 Å². The zero-order valence-electron chi connectivity index (χ0n) is 94.5. The van der Waals surface area contributed by atoms with Gasteiger partial charge < -0.3 is 93.0 Å². The zero-order valence-corrected chi connectivity index (χ0v) is 140. The third-order valence-corrected chi connectivity index (χ3v) is 0. The third-order valence-electron chi connectivity index (χ3n) is 0. The summed E-state index contributed by atoms with van der Waals surface area (Å²) in [6.45, 7) is 0. The van der Waals surface area contributed by atoms with Gasteiger partial charge in [0.1, 0.15) is 0 Å². The molecule has 0 radical (unpaired) electrons. The second-order valence-corrected chi connectivity index (χ2v) is 0. The van der Waals surface area contributed by atoms with Gasteiger partial charge in [-0.1, -0.05) is 0 Å². The first-order valence-electron chi connectivity index (χ1n) is 0. The van der Waals surface area contributed by atoms with Crippen LogP contribution in [0, 0.1) is 0 Å². The van der Waals surface area contributed by atoms with Gasteiger partial charge in [-0.3, -0.25) is 0 Å². The molecule has 51 heavy (non-hydrogen) atoms. The van der Waals surface area contributed by atoms with Gasteiger partial charge in [0, 0.05) is 0 Å². The van der Waals surface area contributed by atoms with Crippen molar-refractivity contribution >= 4 is 0 Å². The average Bonchev–Trinajstić information content (AvgIpc) is 0. The summed E-state index contributed by atoms with van der Waals surface area (Å²) < 4.78 is 0. The van der Waals surface area contributed by atoms with Crippen LogP contribution < -0.4 is 1360 Å². The van der Waals surface area contributed by atoms with Crippen LogP contribution in [0.5, 0.6) is 0 Å². The van der Waals surface area contributed by atoms with Crippen LogP contribution in [0.2, 0.25) is 0 Å². The first-order chi connectivity index (χ1) is 0. The fourth-order valence-electron chi connectivity index (χ4n) is 0. The van der Waals surface area contributed by atoms with Gasteiger partial charge in [0.05, 0.1) is 0 Å². The maximum atomic E-state index is 0. The third kappa shape index (κ3) is 402. The van der Waals surface area contributed by atoms with E-state index in [9.17, 15) is 0 Å². The van der Waals surface area contributed by atoms with E-state index in [1.165, 1.54) is 0 Å². The first kappa shape index (κ1) is 424. The Morgan fingerprint density at radius 3 is 0.0588 bits per heavy atom. The van der Waals surface area contributed by atoms with Crippen LogP contribution in [0.1, 0.15) is 65.6 Å². The van der Waals surface area contributed by atoms with Gasteiger partial charge in [0.15, 0.2) is 0 Å². The molecule has 0 aromatic heterocycles. The molecular weight excluding hydrogens is 1140 g/mol. The first-order valence-corrected chi connectivity index (χ1v) is 0. The van der Waals surface area contributed by atoms with Gasteiger partial charge in [-0.05, 0) is 0 Å². The molecule has 0 atom stereocenters. The summed E-state index contributed by atoms with van der Waals surface area (Å²) in [5, 5.41) is 0. The fraction of sp³-hybridized carbons (Fsp3) is 0. The monoisotopic (exact) mass is 1190 g/mol. The van der Waals surface area contributed by atoms with Gasteiger partial charge in [0.2, 0.25) is 0 Å². The molecule has 0 aliphatic heterocycles. The van der Waals surface area contributed by atoms with Crippen molar-refractivity contribution in [3.8, 4) is 0 Å². The number of hydrogen-bond donors (Lipinski definition) is 0. The molecular formula is H56Na46O5. The SMILES string of the molecule is O.O.O.O.O.[H-].[H-].[H-].[H-].[H-].[H-].[H-].[H-].[H-].[H-].[H-].[H-].[H-].[H-].[H-].[H-].[H-].[H-].[H-].[H-].[H-].[H-].[H-].[H-].[H-].[H-].[H-].[H-].[H-].[H-].[H-].[H-].[H-].[H-].[H-].[H-].[H-].[H-].[H-].[H-].[H-].[H-].[H-].[H-].[H-].[H-].[Na+].[Na+].[Na+].[Na+].[Na+].[Na+].[Na+].[Na+].[Na+].[Na+].[Na+].[Na+].[Na+].[Na+].[Na+].[Na+].[Na+].[Na+].[Na+].[Na+].[Na+].[Na+].[Na+].[Na+].[Na+].[Na+].[Na+].[Na+].[Na+].[Na+].[Na+].[Na+].[Na+].[Na+].[Na+].[Na+].[Na+].[Na+].[Na+].[Na+].[Na+].[Na+].[Na+].[Na+].[Na+].[Na+]. The Kier molecular flexibility index (Phi) is 3410. The minimum absolute atomic E-state index is 0. The molecule has 0 amide bonds. The van der Waals surface area contributed by atoms with Gasteiger partial charge in [-0.15, -0.1) is 0 Å². The second-order valence-electron chi connectivity index (χ2n) is 0. The Bertz CT molecular complexity index is 120. The summed E-state index contributed by atoms with van der Waals surface area (Å²) in [6, 6.07) is 0. The summed E-state index contributed by atoms with van der Waals surface area (Å²) in [4.78, 5) is 0. The molecule has 51 heteroatoms. The van der Waals surface area contributed by atoms with Crippen LogP contribution in [-0.4, -0.2) is 27.4 Å². The molecule has 0 heterocycles. The Balaban J connectivity index is 0. The van der Waals surface area contributed by atoms with Gasteiger partial charge in [-0.25, -0.2) is 0 Å². The normalized spacial score (nSPS) is 0. The topological polar surface area (TPSA) is 158 Å². The van der Waals surface area contributed by atoms with E-state index in [0.717, 1.165) is 0 Å². The fourth-order valence-corrected chi connectivity index (χ4v) is 0. The molecule has 0 aromatic rings. The molecule has 0 saturated heterocycles. The predicted octanol–water partition coefficient (Wildman–Crippen LogP) is -137. The van der Waals surface area contributed by atoms with E-state index in [0.29, 0.717) is 0 Å². The van der Waals surface area contributed by atoms with Gasteiger partial charge in [-0.2, -0.15) is 0 Å². The Labute approximate surface area is 1400 Å². The van der Waals surface area contributed by atoms with E-state index in [-0.39, 0.29) is 1450 Å². The van der Waals surface area contributed by atoms with E-state index >= 15 is 0 Å². The van der Waals surface area contributed by atoms with Crippen LogP contribution in [0.3, 0.4) is 0 Å². The number of hydrogen-bond acceptors (Lipinski definition) is 0. The molecule has 5 nitrogen and oxygen atoms in total. The van der Waals surface area contributed by atoms with E-state index in [1.54, 1.807) is 0 Å². The van der Waals surface area contributed by atoms with Crippen molar-refractivity contribution in [1.29, 1.82) is 0 Å². The molecule has 10 N–H and O–H groups in total. The molecule has 0 aliphatic rings. The Hall–Kier alpha value is 45.8. The quantitative estimate of drug-likeness (QED) is 0.212. The number of rotatable bonds is 0. The Morgan fingerprint density at radius 1 is 0.0588 bits per heavy atom. The van der Waals surface area contributed by atoms with Crippen LogP contribution in [-0.2, 0) is 0 Å². The molecule has 132 valence electrons. The van der Waals surface area contributed by atoms with Crippen LogP contribution >= 0.6 is 0 Å². The van der Waals surface area contributed by atoms with Crippen LogP contribution in [0.25, 0.3) is 0 Å². The minimum Gasteiger partial charge on any atom is -1.00 e. The van der Waals surface area contributed by atoms with Crippen LogP contribution in [0.15, 0.2) is 0 Å². The molecule has 0 aliphatic carbocycles. The largest absolute Gasteiger partial charge is 1.00 e. The maximum absolute atomic E-state index is 0. The van der Waals surface area contributed by atoms with Crippen molar-refractivity contribution in [2.24, 2.45) is 0 Å². The van der Waals surface area contributed by atoms with E-state index in [2.05, 4.69) is 0 Å². The van der Waals surface area contributed by atoms with Gasteiger partial charge >= 0.3 is 1360 Å². The molecule has 0 bridgehead atoms. The standard InChI is InChI=1S/46Na.5H2O.46H/h;;;;;;;;;;;;;;;;;;;;;;;;;;;;;;;;;;;;;;;;;;;;;;5*1H2;;;;;;;;;;;;;;;;;;;;;;;;;;;;;;;;;;;;;;;;;;;;;;/q46*+1;;;;;;46*-1. The summed E-state index contributed by atoms with van der Waals surface area (Å²) in [5.41, 5.74) is 0. The van der Waals surface area contributed by atoms with Crippen molar-refractivity contribution in [1.82, 2.24) is 0 Å². The van der Waals surface area contributed by atoms with E-state index < -0.39 is 0 Å². The molecule has 0 saturated carbocycles. The second kappa shape index (κ2) is 410. The van der Waals surface area contributed by atoms with Crippen molar-refractivity contribution in [3.05, 3.63) is 0 Å². The van der Waals surface area contributed by atoms with E-state index in [1.807, 2.05) is 0 Å². The predicted molar refractivity (Wildman–Crippen MR) is 69.2 cm³/mol. The molecule has 0 fully saturated rings. The molecule has 0 spiro atoms. The molecule has 0 unspecified atom stereocenters. The average molecular weight is 1190 g/mol. The Morgan fingerprint density at radius 2 is 0.0588 bits per heavy atom. The van der Waals surface area contributed by atoms with Gasteiger partial charge in [0.25, 0.3) is 0 Å². The molecule has 0 rings (SSSR count). The summed E-state index contributed by atoms with van der Waals surface area (Å²) in [7, 11) is 0. The summed E-state index contributed by atoms with van der Waals surface area (Å²) in [6.07, 6.45) is 0.